The van der Waals surface area contributed by atoms with Crippen molar-refractivity contribution < 1.29 is 9.59 Å². The molecule has 3 aromatic rings. The zero-order valence-electron chi connectivity index (χ0n) is 17.7. The molecule has 2 N–H and O–H groups in total. The summed E-state index contributed by atoms with van der Waals surface area (Å²) in [5, 5.41) is 8.21. The molecule has 166 valence electrons. The third-order valence-electron chi connectivity index (χ3n) is 5.15. The number of carbonyl (C=O) groups excluding carboxylic acids is 2. The van der Waals surface area contributed by atoms with E-state index in [1.54, 1.807) is 40.2 Å². The van der Waals surface area contributed by atoms with Crippen molar-refractivity contribution >= 4 is 46.3 Å². The number of hydrogen-bond acceptors (Lipinski definition) is 6. The van der Waals surface area contributed by atoms with Crippen molar-refractivity contribution in [1.82, 2.24) is 9.55 Å². The number of amides is 2. The molecule has 2 amide bonds. The Hall–Kier alpha value is -2.91. The number of fused-ring (bicyclic) bond motifs is 1. The first-order valence-electron chi connectivity index (χ1n) is 10.4. The molecule has 2 aromatic heterocycles. The number of hydrogen-bond donors (Lipinski definition) is 2. The van der Waals surface area contributed by atoms with Crippen LogP contribution in [0.3, 0.4) is 0 Å². The number of rotatable bonds is 7. The number of nitrogens with one attached hydrogen (secondary N) is 2. The highest BCUT2D eigenvalue weighted by Crippen LogP contribution is 2.29. The average Bonchev–Trinajstić information content (AvgIpc) is 3.27. The first-order valence-corrected chi connectivity index (χ1v) is 12.3. The van der Waals surface area contributed by atoms with Crippen LogP contribution in [0, 0.1) is 0 Å². The molecule has 1 aliphatic rings. The summed E-state index contributed by atoms with van der Waals surface area (Å²) < 4.78 is 1.79. The fourth-order valence-corrected chi connectivity index (χ4v) is 5.37. The number of benzene rings is 1. The molecule has 0 radical (unpaired) electrons. The molecule has 0 fully saturated rings. The second-order valence-electron chi connectivity index (χ2n) is 7.60. The summed E-state index contributed by atoms with van der Waals surface area (Å²) >= 11 is 2.94. The van der Waals surface area contributed by atoms with Gasteiger partial charge in [-0.1, -0.05) is 23.9 Å². The summed E-state index contributed by atoms with van der Waals surface area (Å²) in [6.45, 7) is 1.98. The predicted octanol–water partition coefficient (Wildman–Crippen LogP) is 3.92. The zero-order valence-corrected chi connectivity index (χ0v) is 19.4. The van der Waals surface area contributed by atoms with Crippen molar-refractivity contribution in [3.05, 3.63) is 68.4 Å². The summed E-state index contributed by atoms with van der Waals surface area (Å²) in [6.07, 6.45) is 3.83. The number of nitrogens with zero attached hydrogens (tertiary/aromatic N) is 2. The summed E-state index contributed by atoms with van der Waals surface area (Å²) in [5.41, 5.74) is 3.11. The van der Waals surface area contributed by atoms with Gasteiger partial charge >= 0.3 is 5.69 Å². The standard InChI is InChI=1S/C23H24N4O3S2/c1-15(28)24-16-6-4-7-17(12-16)25-21(29)14-32-22-19-9-2-3-10-20(19)27(23(30)26-22)13-18-8-5-11-31-18/h4-8,11-12H,2-3,9-10,13-14H2,1H3,(H,24,28)(H,25,29). The molecule has 4 rings (SSSR count). The van der Waals surface area contributed by atoms with Crippen LogP contribution in [-0.4, -0.2) is 27.1 Å². The zero-order chi connectivity index (χ0) is 22.5. The fourth-order valence-electron chi connectivity index (χ4n) is 3.80. The number of anilines is 2. The van der Waals surface area contributed by atoms with Crippen molar-refractivity contribution in [3.8, 4) is 0 Å². The fraction of sp³-hybridized carbons (Fsp3) is 0.304. The van der Waals surface area contributed by atoms with Crippen molar-refractivity contribution in [1.29, 1.82) is 0 Å². The van der Waals surface area contributed by atoms with Crippen LogP contribution < -0.4 is 16.3 Å². The number of thioether (sulfide) groups is 1. The molecule has 1 aliphatic carbocycles. The monoisotopic (exact) mass is 468 g/mol. The second-order valence-corrected chi connectivity index (χ2v) is 9.59. The third-order valence-corrected chi connectivity index (χ3v) is 7.03. The number of thiophene rings is 1. The lowest BCUT2D eigenvalue weighted by molar-refractivity contribution is -0.114. The van der Waals surface area contributed by atoms with E-state index in [1.165, 1.54) is 18.7 Å². The molecular weight excluding hydrogens is 444 g/mol. The van der Waals surface area contributed by atoms with E-state index >= 15 is 0 Å². The van der Waals surface area contributed by atoms with Crippen LogP contribution in [0.25, 0.3) is 0 Å². The molecule has 7 nitrogen and oxygen atoms in total. The maximum Gasteiger partial charge on any atom is 0.349 e. The van der Waals surface area contributed by atoms with Gasteiger partial charge in [0.1, 0.15) is 5.03 Å². The van der Waals surface area contributed by atoms with Gasteiger partial charge in [-0.05, 0) is 55.3 Å². The smallest absolute Gasteiger partial charge is 0.326 e. The Morgan fingerprint density at radius 1 is 1.12 bits per heavy atom. The Bertz CT molecular complexity index is 1190. The van der Waals surface area contributed by atoms with Crippen LogP contribution >= 0.6 is 23.1 Å². The Morgan fingerprint density at radius 3 is 2.66 bits per heavy atom. The summed E-state index contributed by atoms with van der Waals surface area (Å²) in [4.78, 5) is 42.0. The van der Waals surface area contributed by atoms with E-state index in [1.807, 2.05) is 17.5 Å². The molecule has 0 bridgehead atoms. The minimum Gasteiger partial charge on any atom is -0.326 e. The molecule has 0 saturated carbocycles. The van der Waals surface area contributed by atoms with Crippen molar-refractivity contribution in [3.63, 3.8) is 0 Å². The van der Waals surface area contributed by atoms with E-state index in [-0.39, 0.29) is 23.3 Å². The summed E-state index contributed by atoms with van der Waals surface area (Å²) in [5.74, 6) is -0.212. The quantitative estimate of drug-likeness (QED) is 0.405. The molecule has 9 heteroatoms. The molecule has 0 unspecified atom stereocenters. The van der Waals surface area contributed by atoms with E-state index in [9.17, 15) is 14.4 Å². The van der Waals surface area contributed by atoms with Gasteiger partial charge in [-0.25, -0.2) is 4.79 Å². The lowest BCUT2D eigenvalue weighted by Gasteiger charge is -2.22. The predicted molar refractivity (Wildman–Crippen MR) is 129 cm³/mol. The number of carbonyl (C=O) groups is 2. The lowest BCUT2D eigenvalue weighted by Crippen LogP contribution is -2.30. The van der Waals surface area contributed by atoms with Gasteiger partial charge in [-0.2, -0.15) is 4.98 Å². The minimum atomic E-state index is -0.259. The third kappa shape index (κ3) is 5.46. The average molecular weight is 469 g/mol. The van der Waals surface area contributed by atoms with Gasteiger partial charge in [-0.15, -0.1) is 11.3 Å². The van der Waals surface area contributed by atoms with Crippen LogP contribution in [0.1, 0.15) is 35.9 Å². The van der Waals surface area contributed by atoms with Crippen LogP contribution in [0.15, 0.2) is 51.6 Å². The normalized spacial score (nSPS) is 12.8. The Labute approximate surface area is 194 Å². The highest BCUT2D eigenvalue weighted by atomic mass is 32.2. The lowest BCUT2D eigenvalue weighted by atomic mass is 9.97. The van der Waals surface area contributed by atoms with Gasteiger partial charge in [0, 0.05) is 34.4 Å². The molecule has 2 heterocycles. The van der Waals surface area contributed by atoms with Crippen molar-refractivity contribution in [2.24, 2.45) is 0 Å². The summed E-state index contributed by atoms with van der Waals surface area (Å²) in [6, 6.07) is 11.0. The Balaban J connectivity index is 1.47. The molecule has 0 saturated heterocycles. The highest BCUT2D eigenvalue weighted by molar-refractivity contribution is 8.00. The van der Waals surface area contributed by atoms with Gasteiger partial charge < -0.3 is 10.6 Å². The van der Waals surface area contributed by atoms with Crippen LogP contribution in [0.4, 0.5) is 11.4 Å². The highest BCUT2D eigenvalue weighted by Gasteiger charge is 2.21. The topological polar surface area (TPSA) is 93.1 Å². The maximum atomic E-state index is 12.8. The van der Waals surface area contributed by atoms with E-state index in [0.717, 1.165) is 41.8 Å². The molecule has 0 spiro atoms. The van der Waals surface area contributed by atoms with Gasteiger partial charge in [0.15, 0.2) is 0 Å². The van der Waals surface area contributed by atoms with E-state index in [0.29, 0.717) is 22.9 Å². The molecule has 32 heavy (non-hydrogen) atoms. The molecular formula is C23H24N4O3S2. The summed E-state index contributed by atoms with van der Waals surface area (Å²) in [7, 11) is 0. The van der Waals surface area contributed by atoms with E-state index in [4.69, 9.17) is 0 Å². The van der Waals surface area contributed by atoms with Crippen LogP contribution in [0.2, 0.25) is 0 Å². The van der Waals surface area contributed by atoms with Gasteiger partial charge in [0.2, 0.25) is 11.8 Å². The first kappa shape index (κ1) is 22.3. The van der Waals surface area contributed by atoms with E-state index < -0.39 is 0 Å². The van der Waals surface area contributed by atoms with Crippen molar-refractivity contribution in [2.45, 2.75) is 44.2 Å². The van der Waals surface area contributed by atoms with Crippen molar-refractivity contribution in [2.75, 3.05) is 16.4 Å². The first-order chi connectivity index (χ1) is 15.5. The van der Waals surface area contributed by atoms with Gasteiger partial charge in [-0.3, -0.25) is 14.2 Å². The minimum absolute atomic E-state index is 0.151. The van der Waals surface area contributed by atoms with Gasteiger partial charge in [0.05, 0.1) is 12.3 Å². The Morgan fingerprint density at radius 2 is 1.91 bits per heavy atom. The van der Waals surface area contributed by atoms with Gasteiger partial charge in [0.25, 0.3) is 0 Å². The van der Waals surface area contributed by atoms with Crippen LogP contribution in [-0.2, 0) is 29.0 Å². The van der Waals surface area contributed by atoms with Crippen LogP contribution in [0.5, 0.6) is 0 Å². The number of aromatic nitrogens is 2. The maximum absolute atomic E-state index is 12.8. The molecule has 1 aromatic carbocycles. The molecule has 0 atom stereocenters. The second kappa shape index (κ2) is 10.1. The SMILES string of the molecule is CC(=O)Nc1cccc(NC(=O)CSc2nc(=O)n(Cc3cccs3)c3c2CCCC3)c1. The largest absolute Gasteiger partial charge is 0.349 e. The molecule has 0 aliphatic heterocycles. The Kier molecular flexibility index (Phi) is 7.06. The van der Waals surface area contributed by atoms with E-state index in [2.05, 4.69) is 15.6 Å².